The van der Waals surface area contributed by atoms with Gasteiger partial charge >= 0.3 is 0 Å². The Balaban J connectivity index is 1.71. The molecule has 1 heterocycles. The maximum atomic E-state index is 12.9. The lowest BCUT2D eigenvalue weighted by Crippen LogP contribution is -2.09. The van der Waals surface area contributed by atoms with Crippen molar-refractivity contribution in [3.63, 3.8) is 0 Å². The Labute approximate surface area is 123 Å². The van der Waals surface area contributed by atoms with Crippen molar-refractivity contribution in [1.29, 1.82) is 0 Å². The van der Waals surface area contributed by atoms with Crippen molar-refractivity contribution >= 4 is 15.9 Å². The maximum Gasteiger partial charge on any atom is 0.123 e. The molecule has 1 aromatic carbocycles. The van der Waals surface area contributed by atoms with Gasteiger partial charge in [-0.15, -0.1) is 0 Å². The summed E-state index contributed by atoms with van der Waals surface area (Å²) >= 11 is 3.60. The molecule has 2 atom stereocenters. The lowest BCUT2D eigenvalue weighted by molar-refractivity contribution is 0.101. The minimum Gasteiger partial charge on any atom is -0.378 e. The summed E-state index contributed by atoms with van der Waals surface area (Å²) < 4.78 is 18.5. The molecule has 0 N–H and O–H groups in total. The molecule has 3 heteroatoms. The van der Waals surface area contributed by atoms with Gasteiger partial charge in [0.05, 0.1) is 6.10 Å². The van der Waals surface area contributed by atoms with Crippen LogP contribution in [0.25, 0.3) is 0 Å². The number of halogens is 2. The van der Waals surface area contributed by atoms with Gasteiger partial charge in [-0.3, -0.25) is 0 Å². The number of alkyl halides is 1. The average Bonchev–Trinajstić information content (AvgIpc) is 2.93. The summed E-state index contributed by atoms with van der Waals surface area (Å²) in [5, 5.41) is 1.01. The molecule has 19 heavy (non-hydrogen) atoms. The molecule has 0 saturated carbocycles. The fraction of sp³-hybridized carbons (Fsp3) is 0.625. The van der Waals surface area contributed by atoms with E-state index in [1.165, 1.54) is 37.7 Å². The first-order valence-electron chi connectivity index (χ1n) is 7.20. The third-order valence-corrected chi connectivity index (χ3v) is 4.73. The van der Waals surface area contributed by atoms with Crippen LogP contribution in [0.1, 0.15) is 37.7 Å². The predicted octanol–water partition coefficient (Wildman–Crippen LogP) is 4.73. The van der Waals surface area contributed by atoms with Crippen LogP contribution in [-0.4, -0.2) is 18.0 Å². The number of hydrogen-bond donors (Lipinski definition) is 0. The van der Waals surface area contributed by atoms with Gasteiger partial charge in [-0.1, -0.05) is 34.5 Å². The zero-order chi connectivity index (χ0) is 13.5. The maximum absolute atomic E-state index is 12.9. The summed E-state index contributed by atoms with van der Waals surface area (Å²) in [4.78, 5) is 0. The van der Waals surface area contributed by atoms with Crippen molar-refractivity contribution in [1.82, 2.24) is 0 Å². The van der Waals surface area contributed by atoms with Gasteiger partial charge in [0, 0.05) is 11.9 Å². The molecule has 0 aromatic heterocycles. The van der Waals surface area contributed by atoms with Gasteiger partial charge in [0.25, 0.3) is 0 Å². The van der Waals surface area contributed by atoms with Crippen molar-refractivity contribution < 1.29 is 9.13 Å². The van der Waals surface area contributed by atoms with Crippen LogP contribution in [0.3, 0.4) is 0 Å². The highest BCUT2D eigenvalue weighted by molar-refractivity contribution is 9.09. The van der Waals surface area contributed by atoms with E-state index >= 15 is 0 Å². The Kier molecular flexibility index (Phi) is 6.32. The van der Waals surface area contributed by atoms with Crippen LogP contribution in [0.2, 0.25) is 0 Å². The molecule has 1 fully saturated rings. The van der Waals surface area contributed by atoms with Gasteiger partial charge in [0.15, 0.2) is 0 Å². The average molecular weight is 329 g/mol. The molecule has 1 saturated heterocycles. The molecular weight excluding hydrogens is 307 g/mol. The third-order valence-electron chi connectivity index (χ3n) is 3.82. The molecule has 0 amide bonds. The Morgan fingerprint density at radius 1 is 1.32 bits per heavy atom. The van der Waals surface area contributed by atoms with Crippen LogP contribution in [0.15, 0.2) is 24.3 Å². The van der Waals surface area contributed by atoms with Gasteiger partial charge in [-0.05, 0) is 55.7 Å². The third kappa shape index (κ3) is 5.23. The highest BCUT2D eigenvalue weighted by atomic mass is 79.9. The van der Waals surface area contributed by atoms with Crippen LogP contribution in [0.5, 0.6) is 0 Å². The second kappa shape index (κ2) is 8.01. The minimum absolute atomic E-state index is 0.155. The van der Waals surface area contributed by atoms with E-state index in [0.717, 1.165) is 18.4 Å². The van der Waals surface area contributed by atoms with E-state index in [1.807, 2.05) is 12.1 Å². The molecule has 0 bridgehead atoms. The van der Waals surface area contributed by atoms with E-state index in [-0.39, 0.29) is 5.82 Å². The summed E-state index contributed by atoms with van der Waals surface area (Å²) in [6.45, 7) is 0.947. The summed E-state index contributed by atoms with van der Waals surface area (Å²) in [5.41, 5.74) is 1.22. The van der Waals surface area contributed by atoms with Crippen molar-refractivity contribution in [2.24, 2.45) is 5.92 Å². The van der Waals surface area contributed by atoms with Gasteiger partial charge in [-0.25, -0.2) is 4.39 Å². The zero-order valence-electron chi connectivity index (χ0n) is 11.3. The molecule has 1 nitrogen and oxygen atoms in total. The van der Waals surface area contributed by atoms with Gasteiger partial charge in [0.2, 0.25) is 0 Å². The first-order chi connectivity index (χ1) is 9.28. The fourth-order valence-corrected chi connectivity index (χ4v) is 3.25. The minimum atomic E-state index is -0.155. The van der Waals surface area contributed by atoms with Crippen molar-refractivity contribution in [3.8, 4) is 0 Å². The Hall–Kier alpha value is -0.410. The fourth-order valence-electron chi connectivity index (χ4n) is 2.69. The normalized spacial score (nSPS) is 20.6. The van der Waals surface area contributed by atoms with Crippen molar-refractivity contribution in [3.05, 3.63) is 35.6 Å². The smallest absolute Gasteiger partial charge is 0.123 e. The van der Waals surface area contributed by atoms with E-state index < -0.39 is 0 Å². The lowest BCUT2D eigenvalue weighted by Gasteiger charge is -2.15. The largest absolute Gasteiger partial charge is 0.378 e. The number of ether oxygens (including phenoxy) is 1. The second-order valence-corrected chi connectivity index (χ2v) is 6.06. The Morgan fingerprint density at radius 2 is 2.11 bits per heavy atom. The second-order valence-electron chi connectivity index (χ2n) is 5.42. The number of hydrogen-bond acceptors (Lipinski definition) is 1. The molecule has 1 aromatic rings. The number of benzene rings is 1. The van der Waals surface area contributed by atoms with Crippen LogP contribution < -0.4 is 0 Å². The van der Waals surface area contributed by atoms with Crippen LogP contribution in [0.4, 0.5) is 4.39 Å². The topological polar surface area (TPSA) is 9.23 Å². The molecule has 0 aliphatic carbocycles. The van der Waals surface area contributed by atoms with Gasteiger partial charge in [-0.2, -0.15) is 0 Å². The highest BCUT2D eigenvalue weighted by Crippen LogP contribution is 2.22. The summed E-state index contributed by atoms with van der Waals surface area (Å²) in [6.07, 6.45) is 7.61. The first kappa shape index (κ1) is 15.0. The van der Waals surface area contributed by atoms with Crippen LogP contribution in [0, 0.1) is 11.7 Å². The first-order valence-corrected chi connectivity index (χ1v) is 8.32. The molecule has 0 spiro atoms. The lowest BCUT2D eigenvalue weighted by atomic mass is 9.95. The highest BCUT2D eigenvalue weighted by Gasteiger charge is 2.16. The molecule has 2 unspecified atom stereocenters. The standard InChI is InChI=1S/C16H22BrFO/c17-12-14(3-1-4-16-5-2-10-19-16)11-13-6-8-15(18)9-7-13/h6-9,14,16H,1-5,10-12H2. The van der Waals surface area contributed by atoms with E-state index in [1.54, 1.807) is 12.1 Å². The van der Waals surface area contributed by atoms with E-state index in [2.05, 4.69) is 15.9 Å². The molecule has 1 aliphatic heterocycles. The van der Waals surface area contributed by atoms with Gasteiger partial charge < -0.3 is 4.74 Å². The predicted molar refractivity (Wildman–Crippen MR) is 80.2 cm³/mol. The van der Waals surface area contributed by atoms with E-state index in [0.29, 0.717) is 12.0 Å². The van der Waals surface area contributed by atoms with Crippen molar-refractivity contribution in [2.45, 2.75) is 44.6 Å². The van der Waals surface area contributed by atoms with E-state index in [9.17, 15) is 4.39 Å². The van der Waals surface area contributed by atoms with Crippen LogP contribution in [-0.2, 0) is 11.2 Å². The Morgan fingerprint density at radius 3 is 2.74 bits per heavy atom. The molecular formula is C16H22BrFO. The molecule has 2 rings (SSSR count). The quantitative estimate of drug-likeness (QED) is 0.657. The summed E-state index contributed by atoms with van der Waals surface area (Å²) in [7, 11) is 0. The summed E-state index contributed by atoms with van der Waals surface area (Å²) in [6, 6.07) is 6.89. The monoisotopic (exact) mass is 328 g/mol. The number of rotatable bonds is 7. The molecule has 106 valence electrons. The SMILES string of the molecule is Fc1ccc(CC(CBr)CCCC2CCCO2)cc1. The molecule has 0 radical (unpaired) electrons. The molecule has 1 aliphatic rings. The Bertz CT molecular complexity index is 360. The van der Waals surface area contributed by atoms with Gasteiger partial charge in [0.1, 0.15) is 5.82 Å². The summed E-state index contributed by atoms with van der Waals surface area (Å²) in [5.74, 6) is 0.476. The van der Waals surface area contributed by atoms with Crippen LogP contribution >= 0.6 is 15.9 Å². The van der Waals surface area contributed by atoms with E-state index in [4.69, 9.17) is 4.74 Å². The zero-order valence-corrected chi connectivity index (χ0v) is 12.9. The van der Waals surface area contributed by atoms with Crippen molar-refractivity contribution in [2.75, 3.05) is 11.9 Å².